The summed E-state index contributed by atoms with van der Waals surface area (Å²) in [5.74, 6) is 0.774. The van der Waals surface area contributed by atoms with Crippen LogP contribution in [0, 0.1) is 13.8 Å². The first kappa shape index (κ1) is 23.9. The molecule has 1 unspecified atom stereocenters. The molecule has 1 atom stereocenters. The standard InChI is InChI=1S/C24H26N4O5S2/c1-16-3-8-22(17(2)13-16)28-23(20-14-34(30)15-21(20)26-28)25-24(29)18-4-6-19(7-5-18)35(31,32)27-9-11-33-12-10-27/h3-8,13H,9-12,14-15H2,1-2H3,(H,25,29). The number of nitrogens with zero attached hydrogens (tertiary/aromatic N) is 3. The molecular weight excluding hydrogens is 488 g/mol. The Morgan fingerprint density at radius 3 is 2.46 bits per heavy atom. The Kier molecular flexibility index (Phi) is 6.34. The molecule has 11 heteroatoms. The van der Waals surface area contributed by atoms with Crippen molar-refractivity contribution in [3.8, 4) is 5.69 Å². The number of carbonyl (C=O) groups is 1. The molecule has 1 aromatic heterocycles. The van der Waals surface area contributed by atoms with Gasteiger partial charge in [-0.15, -0.1) is 0 Å². The van der Waals surface area contributed by atoms with Gasteiger partial charge < -0.3 is 10.1 Å². The van der Waals surface area contributed by atoms with E-state index in [1.807, 2.05) is 32.0 Å². The number of sulfonamides is 1. The Morgan fingerprint density at radius 1 is 1.06 bits per heavy atom. The van der Waals surface area contributed by atoms with E-state index >= 15 is 0 Å². The molecule has 3 aromatic rings. The van der Waals surface area contributed by atoms with E-state index in [2.05, 4.69) is 10.4 Å². The van der Waals surface area contributed by atoms with Gasteiger partial charge in [0.15, 0.2) is 0 Å². The quantitative estimate of drug-likeness (QED) is 0.560. The van der Waals surface area contributed by atoms with E-state index in [0.717, 1.165) is 22.4 Å². The van der Waals surface area contributed by atoms with Crippen molar-refractivity contribution >= 4 is 32.5 Å². The highest BCUT2D eigenvalue weighted by atomic mass is 32.2. The summed E-state index contributed by atoms with van der Waals surface area (Å²) in [7, 11) is -4.70. The highest BCUT2D eigenvalue weighted by Gasteiger charge is 2.30. The molecule has 0 aliphatic carbocycles. The first-order valence-electron chi connectivity index (χ1n) is 11.3. The zero-order valence-corrected chi connectivity index (χ0v) is 21.1. The van der Waals surface area contributed by atoms with Crippen molar-refractivity contribution in [1.82, 2.24) is 14.1 Å². The van der Waals surface area contributed by atoms with Gasteiger partial charge in [-0.05, 0) is 49.7 Å². The molecule has 9 nitrogen and oxygen atoms in total. The van der Waals surface area contributed by atoms with Crippen LogP contribution in [-0.4, -0.2) is 58.9 Å². The monoisotopic (exact) mass is 514 g/mol. The number of carbonyl (C=O) groups excluding carboxylic acids is 1. The van der Waals surface area contributed by atoms with E-state index in [9.17, 15) is 17.4 Å². The predicted molar refractivity (Wildman–Crippen MR) is 133 cm³/mol. The highest BCUT2D eigenvalue weighted by Crippen LogP contribution is 2.32. The molecule has 0 spiro atoms. The maximum atomic E-state index is 13.2. The van der Waals surface area contributed by atoms with Crippen molar-refractivity contribution < 1.29 is 22.2 Å². The molecule has 3 heterocycles. The number of morpholine rings is 1. The Morgan fingerprint density at radius 2 is 1.77 bits per heavy atom. The maximum absolute atomic E-state index is 13.2. The van der Waals surface area contributed by atoms with Gasteiger partial charge in [0, 0.05) is 35.0 Å². The van der Waals surface area contributed by atoms with Gasteiger partial charge >= 0.3 is 0 Å². The van der Waals surface area contributed by atoms with Crippen LogP contribution in [0.15, 0.2) is 47.4 Å². The minimum absolute atomic E-state index is 0.132. The van der Waals surface area contributed by atoms with Crippen LogP contribution in [0.3, 0.4) is 0 Å². The van der Waals surface area contributed by atoms with E-state index in [1.165, 1.54) is 28.6 Å². The minimum atomic E-state index is -3.65. The Labute approximate surface area is 206 Å². The molecule has 0 radical (unpaired) electrons. The fourth-order valence-corrected chi connectivity index (χ4v) is 7.04. The lowest BCUT2D eigenvalue weighted by atomic mass is 10.1. The van der Waals surface area contributed by atoms with Gasteiger partial charge in [0.1, 0.15) is 5.82 Å². The van der Waals surface area contributed by atoms with E-state index in [1.54, 1.807) is 4.68 Å². The molecule has 2 aliphatic rings. The van der Waals surface area contributed by atoms with Crippen LogP contribution in [0.5, 0.6) is 0 Å². The fraction of sp³-hybridized carbons (Fsp3) is 0.333. The van der Waals surface area contributed by atoms with Crippen LogP contribution in [0.1, 0.15) is 32.7 Å². The number of aryl methyl sites for hydroxylation is 2. The van der Waals surface area contributed by atoms with Crippen LogP contribution in [0.25, 0.3) is 5.69 Å². The molecule has 5 rings (SSSR count). The van der Waals surface area contributed by atoms with Crippen LogP contribution >= 0.6 is 0 Å². The normalized spacial score (nSPS) is 18.4. The molecule has 1 saturated heterocycles. The molecule has 2 aromatic carbocycles. The molecular formula is C24H26N4O5S2. The Balaban J connectivity index is 1.43. The SMILES string of the molecule is Cc1ccc(-n2nc3c(c2NC(=O)c2ccc(S(=O)(=O)N4CCOCC4)cc2)CS(=O)C3)c(C)c1. The average Bonchev–Trinajstić information content (AvgIpc) is 3.36. The third-order valence-corrected chi connectivity index (χ3v) is 9.33. The third-order valence-electron chi connectivity index (χ3n) is 6.21. The summed E-state index contributed by atoms with van der Waals surface area (Å²) in [6.45, 7) is 5.33. The molecule has 1 N–H and O–H groups in total. The van der Waals surface area contributed by atoms with Crippen LogP contribution in [0.2, 0.25) is 0 Å². The van der Waals surface area contributed by atoms with Crippen molar-refractivity contribution in [2.24, 2.45) is 0 Å². The number of amides is 1. The van der Waals surface area contributed by atoms with Crippen molar-refractivity contribution in [3.05, 3.63) is 70.4 Å². The molecule has 2 aliphatic heterocycles. The van der Waals surface area contributed by atoms with Gasteiger partial charge in [-0.25, -0.2) is 13.1 Å². The lowest BCUT2D eigenvalue weighted by molar-refractivity contribution is 0.0730. The predicted octanol–water partition coefficient (Wildman–Crippen LogP) is 2.52. The number of hydrogen-bond acceptors (Lipinski definition) is 6. The summed E-state index contributed by atoms with van der Waals surface area (Å²) in [4.78, 5) is 13.3. The maximum Gasteiger partial charge on any atom is 0.256 e. The van der Waals surface area contributed by atoms with Gasteiger partial charge in [0.25, 0.3) is 5.91 Å². The highest BCUT2D eigenvalue weighted by molar-refractivity contribution is 7.89. The number of aromatic nitrogens is 2. The number of hydrogen-bond donors (Lipinski definition) is 1. The second kappa shape index (κ2) is 9.30. The summed E-state index contributed by atoms with van der Waals surface area (Å²) in [5, 5.41) is 7.60. The Bertz CT molecular complexity index is 1420. The number of ether oxygens (including phenoxy) is 1. The summed E-state index contributed by atoms with van der Waals surface area (Å²) in [6, 6.07) is 11.9. The van der Waals surface area contributed by atoms with Crippen molar-refractivity contribution in [1.29, 1.82) is 0 Å². The molecule has 0 bridgehead atoms. The van der Waals surface area contributed by atoms with Crippen LogP contribution in [-0.2, 0) is 37.1 Å². The zero-order valence-electron chi connectivity index (χ0n) is 19.5. The zero-order chi connectivity index (χ0) is 24.7. The summed E-state index contributed by atoms with van der Waals surface area (Å²) in [6.07, 6.45) is 0. The molecule has 184 valence electrons. The Hall–Kier alpha value is -2.86. The number of nitrogens with one attached hydrogen (secondary N) is 1. The van der Waals surface area contributed by atoms with Gasteiger partial charge in [-0.1, -0.05) is 17.7 Å². The largest absolute Gasteiger partial charge is 0.379 e. The first-order chi connectivity index (χ1) is 16.7. The second-order valence-corrected chi connectivity index (χ2v) is 12.1. The lowest BCUT2D eigenvalue weighted by Crippen LogP contribution is -2.40. The van der Waals surface area contributed by atoms with Gasteiger partial charge in [-0.3, -0.25) is 9.00 Å². The van der Waals surface area contributed by atoms with Crippen molar-refractivity contribution in [2.45, 2.75) is 30.2 Å². The average molecular weight is 515 g/mol. The second-order valence-electron chi connectivity index (χ2n) is 8.70. The molecule has 1 amide bonds. The number of benzene rings is 2. The smallest absolute Gasteiger partial charge is 0.256 e. The van der Waals surface area contributed by atoms with Crippen LogP contribution in [0.4, 0.5) is 5.82 Å². The molecule has 35 heavy (non-hydrogen) atoms. The van der Waals surface area contributed by atoms with Gasteiger partial charge in [0.2, 0.25) is 10.0 Å². The van der Waals surface area contributed by atoms with Crippen molar-refractivity contribution in [2.75, 3.05) is 31.6 Å². The van der Waals surface area contributed by atoms with Crippen LogP contribution < -0.4 is 5.32 Å². The number of rotatable bonds is 5. The summed E-state index contributed by atoms with van der Waals surface area (Å²) < 4.78 is 46.2. The van der Waals surface area contributed by atoms with Gasteiger partial charge in [-0.2, -0.15) is 9.40 Å². The van der Waals surface area contributed by atoms with E-state index in [-0.39, 0.29) is 4.90 Å². The summed E-state index contributed by atoms with van der Waals surface area (Å²) in [5.41, 5.74) is 4.74. The van der Waals surface area contributed by atoms with E-state index in [4.69, 9.17) is 4.74 Å². The molecule has 0 saturated carbocycles. The lowest BCUT2D eigenvalue weighted by Gasteiger charge is -2.26. The minimum Gasteiger partial charge on any atom is -0.379 e. The number of fused-ring (bicyclic) bond motifs is 1. The summed E-state index contributed by atoms with van der Waals surface area (Å²) >= 11 is 0. The van der Waals surface area contributed by atoms with Gasteiger partial charge in [0.05, 0.1) is 41.0 Å². The fourth-order valence-electron chi connectivity index (χ4n) is 4.37. The van der Waals surface area contributed by atoms with Crippen molar-refractivity contribution in [3.63, 3.8) is 0 Å². The van der Waals surface area contributed by atoms with E-state index < -0.39 is 26.7 Å². The third kappa shape index (κ3) is 4.56. The first-order valence-corrected chi connectivity index (χ1v) is 14.2. The molecule has 1 fully saturated rings. The topological polar surface area (TPSA) is 111 Å². The van der Waals surface area contributed by atoms with E-state index in [0.29, 0.717) is 54.9 Å². The number of anilines is 1.